The van der Waals surface area contributed by atoms with Crippen molar-refractivity contribution in [2.45, 2.75) is 19.8 Å². The maximum absolute atomic E-state index is 13.1. The lowest BCUT2D eigenvalue weighted by atomic mass is 10.0. The molecule has 4 aromatic rings. The third-order valence-electron chi connectivity index (χ3n) is 6.04. The zero-order valence-corrected chi connectivity index (χ0v) is 20.9. The smallest absolute Gasteiger partial charge is 0.240 e. The van der Waals surface area contributed by atoms with Crippen LogP contribution in [0.5, 0.6) is 11.5 Å². The van der Waals surface area contributed by atoms with Crippen LogP contribution in [0.4, 0.5) is 15.8 Å². The lowest BCUT2D eigenvalue weighted by Gasteiger charge is -2.16. The molecule has 1 aliphatic carbocycles. The van der Waals surface area contributed by atoms with Crippen LogP contribution >= 0.6 is 22.6 Å². The van der Waals surface area contributed by atoms with Gasteiger partial charge in [0.15, 0.2) is 0 Å². The number of benzene rings is 3. The highest BCUT2D eigenvalue weighted by molar-refractivity contribution is 14.1. The molecule has 6 nitrogen and oxygen atoms in total. The average molecular weight is 581 g/mol. The largest absolute Gasteiger partial charge is 0.457 e. The van der Waals surface area contributed by atoms with Gasteiger partial charge in [-0.2, -0.15) is 0 Å². The summed E-state index contributed by atoms with van der Waals surface area (Å²) < 4.78 is 20.3. The second-order valence-electron chi connectivity index (χ2n) is 8.55. The molecule has 0 bridgehead atoms. The lowest BCUT2D eigenvalue weighted by Crippen LogP contribution is -2.35. The van der Waals surface area contributed by atoms with E-state index in [9.17, 15) is 14.0 Å². The number of ether oxygens (including phenoxy) is 1. The zero-order valence-electron chi connectivity index (χ0n) is 18.8. The summed E-state index contributed by atoms with van der Waals surface area (Å²) in [4.78, 5) is 30.0. The molecule has 176 valence electrons. The Kier molecular flexibility index (Phi) is 6.14. The molecule has 3 aromatic carbocycles. The number of rotatable bonds is 6. The summed E-state index contributed by atoms with van der Waals surface area (Å²) in [6.07, 6.45) is 2.63. The fraction of sp³-hybridized carbons (Fsp3) is 0.148. The maximum atomic E-state index is 13.1. The summed E-state index contributed by atoms with van der Waals surface area (Å²) in [5.74, 6) is 0.158. The van der Waals surface area contributed by atoms with Crippen LogP contribution in [0.15, 0.2) is 72.9 Å². The third kappa shape index (κ3) is 4.84. The molecule has 35 heavy (non-hydrogen) atoms. The van der Waals surface area contributed by atoms with Crippen LogP contribution in [-0.4, -0.2) is 16.8 Å². The van der Waals surface area contributed by atoms with Crippen molar-refractivity contribution in [3.8, 4) is 11.5 Å². The van der Waals surface area contributed by atoms with E-state index in [1.165, 1.54) is 24.3 Å². The maximum Gasteiger partial charge on any atom is 0.240 e. The Morgan fingerprint density at radius 3 is 2.14 bits per heavy atom. The number of halogens is 2. The van der Waals surface area contributed by atoms with E-state index in [0.29, 0.717) is 35.7 Å². The van der Waals surface area contributed by atoms with E-state index in [4.69, 9.17) is 4.74 Å². The second kappa shape index (κ2) is 9.26. The Morgan fingerprint density at radius 2 is 1.54 bits per heavy atom. The fourth-order valence-electron chi connectivity index (χ4n) is 3.79. The van der Waals surface area contributed by atoms with E-state index < -0.39 is 17.1 Å². The number of carbonyl (C=O) groups is 2. The van der Waals surface area contributed by atoms with Gasteiger partial charge in [0.1, 0.15) is 22.7 Å². The van der Waals surface area contributed by atoms with Crippen LogP contribution in [0, 0.1) is 21.7 Å². The molecule has 1 aliphatic rings. The Balaban J connectivity index is 1.26. The molecular weight excluding hydrogens is 560 g/mol. The summed E-state index contributed by atoms with van der Waals surface area (Å²) in [5, 5.41) is 6.46. The topological polar surface area (TPSA) is 80.3 Å². The Bertz CT molecular complexity index is 1440. The number of carbonyl (C=O) groups excluding carboxylic acids is 2. The summed E-state index contributed by atoms with van der Waals surface area (Å²) in [6, 6.07) is 18.3. The first-order valence-electron chi connectivity index (χ1n) is 11.1. The molecule has 1 aromatic heterocycles. The normalized spacial score (nSPS) is 13.8. The number of aryl methyl sites for hydroxylation is 1. The predicted molar refractivity (Wildman–Crippen MR) is 141 cm³/mol. The summed E-state index contributed by atoms with van der Waals surface area (Å²) in [7, 11) is 0. The molecule has 0 spiro atoms. The van der Waals surface area contributed by atoms with Crippen LogP contribution in [0.3, 0.4) is 0 Å². The van der Waals surface area contributed by atoms with E-state index in [0.717, 1.165) is 20.0 Å². The summed E-state index contributed by atoms with van der Waals surface area (Å²) >= 11 is 2.29. The van der Waals surface area contributed by atoms with Crippen LogP contribution in [0.2, 0.25) is 0 Å². The fourth-order valence-corrected chi connectivity index (χ4v) is 4.24. The number of amides is 2. The molecule has 0 radical (unpaired) electrons. The Hall–Kier alpha value is -3.53. The number of hydrogen-bond donors (Lipinski definition) is 2. The van der Waals surface area contributed by atoms with Crippen molar-refractivity contribution in [3.63, 3.8) is 0 Å². The molecule has 1 heterocycles. The molecule has 2 amide bonds. The molecule has 8 heteroatoms. The number of pyridine rings is 1. The molecule has 0 unspecified atom stereocenters. The van der Waals surface area contributed by atoms with Crippen molar-refractivity contribution in [2.75, 3.05) is 10.6 Å². The molecule has 1 fully saturated rings. The number of hydrogen-bond acceptors (Lipinski definition) is 4. The molecule has 5 rings (SSSR count). The van der Waals surface area contributed by atoms with Crippen LogP contribution in [0.1, 0.15) is 18.4 Å². The van der Waals surface area contributed by atoms with Gasteiger partial charge in [-0.15, -0.1) is 0 Å². The van der Waals surface area contributed by atoms with E-state index in [2.05, 4.69) is 44.3 Å². The van der Waals surface area contributed by atoms with Gasteiger partial charge in [-0.25, -0.2) is 4.39 Å². The summed E-state index contributed by atoms with van der Waals surface area (Å²) in [6.45, 7) is 2.04. The molecular formula is C27H21FIN3O3. The third-order valence-corrected chi connectivity index (χ3v) is 7.21. The highest BCUT2D eigenvalue weighted by Gasteiger charge is 2.56. The van der Waals surface area contributed by atoms with Gasteiger partial charge in [-0.3, -0.25) is 14.6 Å². The van der Waals surface area contributed by atoms with Gasteiger partial charge >= 0.3 is 0 Å². The van der Waals surface area contributed by atoms with Gasteiger partial charge in [0, 0.05) is 26.5 Å². The highest BCUT2D eigenvalue weighted by Crippen LogP contribution is 2.47. The molecule has 0 saturated heterocycles. The number of aromatic nitrogens is 1. The second-order valence-corrected chi connectivity index (χ2v) is 9.71. The van der Waals surface area contributed by atoms with Crippen LogP contribution in [-0.2, 0) is 9.59 Å². The summed E-state index contributed by atoms with van der Waals surface area (Å²) in [5.41, 5.74) is 1.90. The lowest BCUT2D eigenvalue weighted by molar-refractivity contribution is -0.131. The minimum Gasteiger partial charge on any atom is -0.457 e. The van der Waals surface area contributed by atoms with Crippen LogP contribution in [0.25, 0.3) is 10.9 Å². The first kappa shape index (κ1) is 23.2. The Morgan fingerprint density at radius 1 is 0.943 bits per heavy atom. The van der Waals surface area contributed by atoms with Crippen molar-refractivity contribution in [1.29, 1.82) is 0 Å². The van der Waals surface area contributed by atoms with E-state index in [1.807, 2.05) is 19.1 Å². The van der Waals surface area contributed by atoms with Gasteiger partial charge in [-0.05, 0) is 115 Å². The van der Waals surface area contributed by atoms with Crippen molar-refractivity contribution in [2.24, 2.45) is 5.41 Å². The minimum absolute atomic E-state index is 0.365. The van der Waals surface area contributed by atoms with Crippen LogP contribution < -0.4 is 15.4 Å². The number of fused-ring (bicyclic) bond motifs is 1. The van der Waals surface area contributed by atoms with E-state index in [1.54, 1.807) is 30.5 Å². The Labute approximate surface area is 215 Å². The number of nitrogens with zero attached hydrogens (tertiary/aromatic N) is 1. The highest BCUT2D eigenvalue weighted by atomic mass is 127. The van der Waals surface area contributed by atoms with Gasteiger partial charge in [0.25, 0.3) is 0 Å². The molecule has 2 N–H and O–H groups in total. The van der Waals surface area contributed by atoms with Crippen molar-refractivity contribution < 1.29 is 18.7 Å². The van der Waals surface area contributed by atoms with Gasteiger partial charge in [0.05, 0.1) is 5.52 Å². The molecule has 0 aliphatic heterocycles. The van der Waals surface area contributed by atoms with Crippen molar-refractivity contribution in [3.05, 3.63) is 87.9 Å². The monoisotopic (exact) mass is 581 g/mol. The average Bonchev–Trinajstić information content (AvgIpc) is 3.65. The predicted octanol–water partition coefficient (Wildman–Crippen LogP) is 6.44. The zero-order chi connectivity index (χ0) is 24.6. The van der Waals surface area contributed by atoms with Gasteiger partial charge in [0.2, 0.25) is 11.8 Å². The van der Waals surface area contributed by atoms with Crippen molar-refractivity contribution in [1.82, 2.24) is 4.98 Å². The molecule has 1 saturated carbocycles. The molecule has 0 atom stereocenters. The van der Waals surface area contributed by atoms with E-state index in [-0.39, 0.29) is 5.91 Å². The van der Waals surface area contributed by atoms with E-state index >= 15 is 0 Å². The first-order chi connectivity index (χ1) is 16.8. The standard InChI is InChI=1S/C27H21FIN3O3/c1-16-14-21-23(15-22(16)29)30-13-10-24(21)35-20-8-6-19(7-9-20)32-26(34)27(11-12-27)25(33)31-18-4-2-17(28)3-5-18/h2-10,13-15H,11-12H2,1H3,(H,31,33)(H,32,34). The quantitative estimate of drug-likeness (QED) is 0.203. The number of anilines is 2. The SMILES string of the molecule is Cc1cc2c(Oc3ccc(NC(=O)C4(C(=O)Nc5ccc(F)cc5)CC4)cc3)ccnc2cc1I. The first-order valence-corrected chi connectivity index (χ1v) is 12.1. The minimum atomic E-state index is -1.12. The van der Waals surface area contributed by atoms with Gasteiger partial charge < -0.3 is 15.4 Å². The number of nitrogens with one attached hydrogen (secondary N) is 2. The van der Waals surface area contributed by atoms with Crippen molar-refractivity contribution >= 4 is 56.7 Å². The van der Waals surface area contributed by atoms with Gasteiger partial charge in [-0.1, -0.05) is 0 Å².